The number of aliphatic carboxylic acids is 1. The Kier molecular flexibility index (Phi) is 7.16. The molecule has 100 valence electrons. The van der Waals surface area contributed by atoms with Gasteiger partial charge in [-0.25, -0.2) is 0 Å². The average molecular weight is 248 g/mol. The molecule has 0 aliphatic carbocycles. The fraction of sp³-hybridized carbons (Fsp3) is 0.562. The summed E-state index contributed by atoms with van der Waals surface area (Å²) in [7, 11) is 0. The van der Waals surface area contributed by atoms with Gasteiger partial charge >= 0.3 is 5.97 Å². The van der Waals surface area contributed by atoms with Crippen molar-refractivity contribution in [3.63, 3.8) is 0 Å². The standard InChI is InChI=1S/C16H24O2/c1-2-3-4-5-6-10-13-15(16(17)18)14-11-8-7-9-12-14/h7-9,11-12,15H,2-6,10,13H2,1H3,(H,17,18)/t15-/m1/s1. The SMILES string of the molecule is CCCCCCCC[C@@H](C(=O)O)c1ccccc1. The van der Waals surface area contributed by atoms with Gasteiger partial charge in [0.1, 0.15) is 0 Å². The van der Waals surface area contributed by atoms with Crippen LogP contribution in [0.3, 0.4) is 0 Å². The molecule has 2 heteroatoms. The minimum Gasteiger partial charge on any atom is -0.481 e. The summed E-state index contributed by atoms with van der Waals surface area (Å²) < 4.78 is 0. The van der Waals surface area contributed by atoms with Crippen molar-refractivity contribution in [1.82, 2.24) is 0 Å². The highest BCUT2D eigenvalue weighted by molar-refractivity contribution is 5.75. The summed E-state index contributed by atoms with van der Waals surface area (Å²) in [6, 6.07) is 9.57. The van der Waals surface area contributed by atoms with Crippen LogP contribution in [0, 0.1) is 0 Å². The van der Waals surface area contributed by atoms with Crippen LogP contribution in [0.5, 0.6) is 0 Å². The van der Waals surface area contributed by atoms with Gasteiger partial charge in [0.05, 0.1) is 5.92 Å². The highest BCUT2D eigenvalue weighted by Gasteiger charge is 2.18. The van der Waals surface area contributed by atoms with Crippen LogP contribution in [-0.4, -0.2) is 11.1 Å². The predicted molar refractivity (Wildman–Crippen MR) is 74.8 cm³/mol. The molecule has 1 rings (SSSR count). The van der Waals surface area contributed by atoms with Crippen molar-refractivity contribution in [3.8, 4) is 0 Å². The molecule has 18 heavy (non-hydrogen) atoms. The maximum Gasteiger partial charge on any atom is 0.310 e. The average Bonchev–Trinajstić information content (AvgIpc) is 2.38. The highest BCUT2D eigenvalue weighted by Crippen LogP contribution is 2.23. The van der Waals surface area contributed by atoms with Crippen molar-refractivity contribution in [2.75, 3.05) is 0 Å². The third-order valence-corrected chi connectivity index (χ3v) is 3.35. The molecule has 0 aliphatic rings. The van der Waals surface area contributed by atoms with Crippen LogP contribution in [0.1, 0.15) is 63.4 Å². The number of carboxylic acid groups (broad SMARTS) is 1. The first-order chi connectivity index (χ1) is 8.75. The van der Waals surface area contributed by atoms with Crippen LogP contribution in [0.15, 0.2) is 30.3 Å². The lowest BCUT2D eigenvalue weighted by Crippen LogP contribution is -2.11. The van der Waals surface area contributed by atoms with Crippen LogP contribution in [0.25, 0.3) is 0 Å². The Bertz CT molecular complexity index is 332. The van der Waals surface area contributed by atoms with Gasteiger partial charge in [-0.2, -0.15) is 0 Å². The van der Waals surface area contributed by atoms with Gasteiger partial charge in [0.2, 0.25) is 0 Å². The number of hydrogen-bond donors (Lipinski definition) is 1. The summed E-state index contributed by atoms with van der Waals surface area (Å²) in [5.41, 5.74) is 0.929. The zero-order chi connectivity index (χ0) is 13.2. The summed E-state index contributed by atoms with van der Waals surface area (Å²) in [4.78, 5) is 11.3. The van der Waals surface area contributed by atoms with Gasteiger partial charge in [-0.1, -0.05) is 75.8 Å². The largest absolute Gasteiger partial charge is 0.481 e. The topological polar surface area (TPSA) is 37.3 Å². The molecule has 0 spiro atoms. The monoisotopic (exact) mass is 248 g/mol. The van der Waals surface area contributed by atoms with Gasteiger partial charge in [-0.15, -0.1) is 0 Å². The van der Waals surface area contributed by atoms with Crippen LogP contribution in [0.2, 0.25) is 0 Å². The van der Waals surface area contributed by atoms with E-state index in [1.807, 2.05) is 30.3 Å². The molecule has 1 aromatic rings. The summed E-state index contributed by atoms with van der Waals surface area (Å²) in [5.74, 6) is -1.04. The maximum absolute atomic E-state index is 11.3. The van der Waals surface area contributed by atoms with E-state index in [-0.39, 0.29) is 5.92 Å². The Labute approximate surface area is 110 Å². The van der Waals surface area contributed by atoms with E-state index in [2.05, 4.69) is 6.92 Å². The molecular formula is C16H24O2. The number of carbonyl (C=O) groups is 1. The second-order valence-corrected chi connectivity index (χ2v) is 4.86. The van der Waals surface area contributed by atoms with Crippen molar-refractivity contribution in [2.24, 2.45) is 0 Å². The van der Waals surface area contributed by atoms with E-state index in [0.29, 0.717) is 0 Å². The van der Waals surface area contributed by atoms with E-state index in [1.54, 1.807) is 0 Å². The molecule has 1 atom stereocenters. The first kappa shape index (κ1) is 14.7. The zero-order valence-corrected chi connectivity index (χ0v) is 11.3. The van der Waals surface area contributed by atoms with Gasteiger partial charge in [-0.3, -0.25) is 4.79 Å². The second-order valence-electron chi connectivity index (χ2n) is 4.86. The Hall–Kier alpha value is -1.31. The summed E-state index contributed by atoms with van der Waals surface area (Å²) >= 11 is 0. The summed E-state index contributed by atoms with van der Waals surface area (Å²) in [5, 5.41) is 9.27. The fourth-order valence-corrected chi connectivity index (χ4v) is 2.25. The number of hydrogen-bond acceptors (Lipinski definition) is 1. The third-order valence-electron chi connectivity index (χ3n) is 3.35. The molecule has 0 saturated heterocycles. The van der Waals surface area contributed by atoms with Crippen LogP contribution in [0.4, 0.5) is 0 Å². The van der Waals surface area contributed by atoms with E-state index in [1.165, 1.54) is 25.7 Å². The van der Waals surface area contributed by atoms with E-state index in [9.17, 15) is 9.90 Å². The highest BCUT2D eigenvalue weighted by atomic mass is 16.4. The maximum atomic E-state index is 11.3. The Morgan fingerprint density at radius 3 is 2.28 bits per heavy atom. The van der Waals surface area contributed by atoms with E-state index < -0.39 is 5.97 Å². The lowest BCUT2D eigenvalue weighted by molar-refractivity contribution is -0.139. The fourth-order valence-electron chi connectivity index (χ4n) is 2.25. The smallest absolute Gasteiger partial charge is 0.310 e. The van der Waals surface area contributed by atoms with Gasteiger partial charge < -0.3 is 5.11 Å². The first-order valence-electron chi connectivity index (χ1n) is 7.03. The van der Waals surface area contributed by atoms with Gasteiger partial charge in [-0.05, 0) is 12.0 Å². The minimum atomic E-state index is -0.699. The normalized spacial score (nSPS) is 12.3. The van der Waals surface area contributed by atoms with Gasteiger partial charge in [0.25, 0.3) is 0 Å². The van der Waals surface area contributed by atoms with Crippen LogP contribution >= 0.6 is 0 Å². The quantitative estimate of drug-likeness (QED) is 0.648. The molecule has 2 nitrogen and oxygen atoms in total. The first-order valence-corrected chi connectivity index (χ1v) is 7.03. The molecule has 0 bridgehead atoms. The lowest BCUT2D eigenvalue weighted by Gasteiger charge is -2.12. The Morgan fingerprint density at radius 2 is 1.67 bits per heavy atom. The number of carboxylic acids is 1. The third kappa shape index (κ3) is 5.35. The molecule has 0 aromatic heterocycles. The lowest BCUT2D eigenvalue weighted by atomic mass is 9.93. The molecule has 0 radical (unpaired) electrons. The second kappa shape index (κ2) is 8.73. The predicted octanol–water partition coefficient (Wildman–Crippen LogP) is 4.61. The van der Waals surface area contributed by atoms with Crippen LogP contribution < -0.4 is 0 Å². The molecular weight excluding hydrogens is 224 g/mol. The molecule has 1 aromatic carbocycles. The van der Waals surface area contributed by atoms with Crippen molar-refractivity contribution >= 4 is 5.97 Å². The number of benzene rings is 1. The summed E-state index contributed by atoms with van der Waals surface area (Å²) in [6.07, 6.45) is 7.97. The van der Waals surface area contributed by atoms with E-state index in [0.717, 1.165) is 24.8 Å². The van der Waals surface area contributed by atoms with Gasteiger partial charge in [0, 0.05) is 0 Å². The van der Waals surface area contributed by atoms with Crippen LogP contribution in [-0.2, 0) is 4.79 Å². The van der Waals surface area contributed by atoms with E-state index in [4.69, 9.17) is 0 Å². The van der Waals surface area contributed by atoms with Crippen molar-refractivity contribution in [1.29, 1.82) is 0 Å². The molecule has 0 aliphatic heterocycles. The molecule has 0 fully saturated rings. The van der Waals surface area contributed by atoms with E-state index >= 15 is 0 Å². The number of rotatable bonds is 9. The van der Waals surface area contributed by atoms with Gasteiger partial charge in [0.15, 0.2) is 0 Å². The Balaban J connectivity index is 2.34. The van der Waals surface area contributed by atoms with Crippen molar-refractivity contribution in [2.45, 2.75) is 57.8 Å². The zero-order valence-electron chi connectivity index (χ0n) is 11.3. The molecule has 0 heterocycles. The molecule has 1 N–H and O–H groups in total. The van der Waals surface area contributed by atoms with Crippen molar-refractivity contribution in [3.05, 3.63) is 35.9 Å². The molecule has 0 saturated carbocycles. The minimum absolute atomic E-state index is 0.336. The Morgan fingerprint density at radius 1 is 1.06 bits per heavy atom. The van der Waals surface area contributed by atoms with Crippen molar-refractivity contribution < 1.29 is 9.90 Å². The summed E-state index contributed by atoms with van der Waals surface area (Å²) in [6.45, 7) is 2.20. The molecule has 0 unspecified atom stereocenters. The number of unbranched alkanes of at least 4 members (excludes halogenated alkanes) is 5. The molecule has 0 amide bonds.